The molecule has 1 N–H and O–H groups in total. The Labute approximate surface area is 195 Å². The summed E-state index contributed by atoms with van der Waals surface area (Å²) in [6, 6.07) is 19.4. The molecule has 0 heterocycles. The van der Waals surface area contributed by atoms with E-state index in [-0.39, 0.29) is 36.8 Å². The van der Waals surface area contributed by atoms with Crippen LogP contribution < -0.4 is 10.1 Å². The zero-order valence-corrected chi connectivity index (χ0v) is 18.4. The van der Waals surface area contributed by atoms with Gasteiger partial charge in [0.15, 0.2) is 0 Å². The zero-order chi connectivity index (χ0) is 24.1. The van der Waals surface area contributed by atoms with Crippen LogP contribution in [0.3, 0.4) is 0 Å². The van der Waals surface area contributed by atoms with Gasteiger partial charge in [0.05, 0.1) is 12.7 Å². The van der Waals surface area contributed by atoms with Crippen molar-refractivity contribution in [3.63, 3.8) is 0 Å². The standard InChI is InChI=1S/C27H22F3NO3/c1-33-20-15-18(14-19(16-20)27(28,29)30)8-6-7-13-31-26(32)34-17-25-23-11-4-2-9-21(23)22-10-3-5-12-24(22)25/h2-5,9-12,14-16,25H,7,13,17H2,1H3,(H,31,32). The number of hydrogen-bond acceptors (Lipinski definition) is 3. The number of ether oxygens (including phenoxy) is 2. The van der Waals surface area contributed by atoms with Gasteiger partial charge in [-0.25, -0.2) is 4.79 Å². The lowest BCUT2D eigenvalue weighted by atomic mass is 9.98. The van der Waals surface area contributed by atoms with Crippen LogP contribution in [-0.2, 0) is 10.9 Å². The number of methoxy groups -OCH3 is 1. The Bertz CT molecular complexity index is 1210. The molecule has 3 aromatic carbocycles. The predicted octanol–water partition coefficient (Wildman–Crippen LogP) is 5.99. The lowest BCUT2D eigenvalue weighted by Gasteiger charge is -2.14. The summed E-state index contributed by atoms with van der Waals surface area (Å²) in [5, 5.41) is 2.63. The van der Waals surface area contributed by atoms with E-state index in [9.17, 15) is 18.0 Å². The summed E-state index contributed by atoms with van der Waals surface area (Å²) < 4.78 is 49.4. The van der Waals surface area contributed by atoms with Gasteiger partial charge in [-0.15, -0.1) is 0 Å². The predicted molar refractivity (Wildman–Crippen MR) is 123 cm³/mol. The quantitative estimate of drug-likeness (QED) is 0.372. The summed E-state index contributed by atoms with van der Waals surface area (Å²) in [6.45, 7) is 0.412. The van der Waals surface area contributed by atoms with Crippen LogP contribution in [0.4, 0.5) is 18.0 Å². The van der Waals surface area contributed by atoms with Gasteiger partial charge < -0.3 is 14.8 Å². The van der Waals surface area contributed by atoms with Gasteiger partial charge in [0.1, 0.15) is 12.4 Å². The van der Waals surface area contributed by atoms with Gasteiger partial charge in [0.2, 0.25) is 0 Å². The molecule has 4 nitrogen and oxygen atoms in total. The van der Waals surface area contributed by atoms with E-state index in [1.165, 1.54) is 13.2 Å². The Kier molecular flexibility index (Phi) is 6.78. The fraction of sp³-hybridized carbons (Fsp3) is 0.222. The average molecular weight is 465 g/mol. The molecule has 0 aromatic heterocycles. The molecular weight excluding hydrogens is 443 g/mol. The van der Waals surface area contributed by atoms with Crippen LogP contribution in [0.2, 0.25) is 0 Å². The van der Waals surface area contributed by atoms with E-state index in [1.54, 1.807) is 0 Å². The van der Waals surface area contributed by atoms with Crippen LogP contribution in [-0.4, -0.2) is 26.4 Å². The molecule has 0 unspecified atom stereocenters. The monoisotopic (exact) mass is 465 g/mol. The van der Waals surface area contributed by atoms with Crippen molar-refractivity contribution >= 4 is 6.09 Å². The maximum absolute atomic E-state index is 13.0. The second-order valence-electron chi connectivity index (χ2n) is 7.75. The molecule has 0 spiro atoms. The summed E-state index contributed by atoms with van der Waals surface area (Å²) in [5.74, 6) is 5.50. The Morgan fingerprint density at radius 3 is 2.26 bits per heavy atom. The molecule has 7 heteroatoms. The summed E-state index contributed by atoms with van der Waals surface area (Å²) >= 11 is 0. The maximum Gasteiger partial charge on any atom is 0.416 e. The molecular formula is C27H22F3NO3. The first-order valence-electron chi connectivity index (χ1n) is 10.7. The van der Waals surface area contributed by atoms with Crippen LogP contribution in [0.25, 0.3) is 11.1 Å². The van der Waals surface area contributed by atoms with Crippen molar-refractivity contribution in [1.29, 1.82) is 0 Å². The minimum absolute atomic E-state index is 0.0335. The second kappa shape index (κ2) is 9.92. The molecule has 174 valence electrons. The molecule has 4 rings (SSSR count). The number of benzene rings is 3. The van der Waals surface area contributed by atoms with Gasteiger partial charge in [-0.1, -0.05) is 60.4 Å². The number of fused-ring (bicyclic) bond motifs is 3. The lowest BCUT2D eigenvalue weighted by Crippen LogP contribution is -2.26. The van der Waals surface area contributed by atoms with Gasteiger partial charge in [-0.3, -0.25) is 0 Å². The molecule has 1 amide bonds. The highest BCUT2D eigenvalue weighted by Gasteiger charge is 2.31. The number of nitrogens with one attached hydrogen (secondary N) is 1. The van der Waals surface area contributed by atoms with Gasteiger partial charge in [-0.05, 0) is 40.5 Å². The van der Waals surface area contributed by atoms with Crippen molar-refractivity contribution in [2.24, 2.45) is 0 Å². The number of carbonyl (C=O) groups excluding carboxylic acids is 1. The molecule has 1 aliphatic rings. The third kappa shape index (κ3) is 5.18. The fourth-order valence-corrected chi connectivity index (χ4v) is 3.99. The van der Waals surface area contributed by atoms with Crippen molar-refractivity contribution in [2.45, 2.75) is 18.5 Å². The third-order valence-electron chi connectivity index (χ3n) is 5.57. The van der Waals surface area contributed by atoms with Gasteiger partial charge in [0, 0.05) is 24.4 Å². The Morgan fingerprint density at radius 2 is 1.65 bits per heavy atom. The number of alkyl carbamates (subject to hydrolysis) is 1. The molecule has 0 saturated carbocycles. The number of rotatable bonds is 5. The van der Waals surface area contributed by atoms with Gasteiger partial charge >= 0.3 is 12.3 Å². The van der Waals surface area contributed by atoms with E-state index in [0.29, 0.717) is 0 Å². The number of hydrogen-bond donors (Lipinski definition) is 1. The first-order chi connectivity index (χ1) is 16.4. The third-order valence-corrected chi connectivity index (χ3v) is 5.57. The number of amides is 1. The lowest BCUT2D eigenvalue weighted by molar-refractivity contribution is -0.137. The highest BCUT2D eigenvalue weighted by Crippen LogP contribution is 2.44. The normalized spacial score (nSPS) is 12.2. The van der Waals surface area contributed by atoms with Crippen LogP contribution >= 0.6 is 0 Å². The summed E-state index contributed by atoms with van der Waals surface area (Å²) in [5.41, 5.74) is 3.90. The van der Waals surface area contributed by atoms with E-state index < -0.39 is 17.8 Å². The van der Waals surface area contributed by atoms with Crippen molar-refractivity contribution in [3.8, 4) is 28.7 Å². The van der Waals surface area contributed by atoms with Crippen molar-refractivity contribution in [1.82, 2.24) is 5.32 Å². The SMILES string of the molecule is COc1cc(C#CCCNC(=O)OCC2c3ccccc3-c3ccccc32)cc(C(F)(F)F)c1. The minimum atomic E-state index is -4.49. The topological polar surface area (TPSA) is 47.6 Å². The van der Waals surface area contributed by atoms with E-state index in [1.807, 2.05) is 36.4 Å². The van der Waals surface area contributed by atoms with Gasteiger partial charge in [-0.2, -0.15) is 13.2 Å². The van der Waals surface area contributed by atoms with E-state index >= 15 is 0 Å². The highest BCUT2D eigenvalue weighted by atomic mass is 19.4. The van der Waals surface area contributed by atoms with E-state index in [2.05, 4.69) is 29.3 Å². The molecule has 0 radical (unpaired) electrons. The largest absolute Gasteiger partial charge is 0.497 e. The smallest absolute Gasteiger partial charge is 0.416 e. The van der Waals surface area contributed by atoms with E-state index in [0.717, 1.165) is 34.4 Å². The number of carbonyl (C=O) groups is 1. The van der Waals surface area contributed by atoms with Crippen LogP contribution in [0.5, 0.6) is 5.75 Å². The molecule has 0 bridgehead atoms. The minimum Gasteiger partial charge on any atom is -0.497 e. The molecule has 0 atom stereocenters. The number of halogens is 3. The molecule has 3 aromatic rings. The molecule has 0 fully saturated rings. The summed E-state index contributed by atoms with van der Waals surface area (Å²) in [7, 11) is 1.30. The second-order valence-corrected chi connectivity index (χ2v) is 7.75. The highest BCUT2D eigenvalue weighted by molar-refractivity contribution is 5.79. The zero-order valence-electron chi connectivity index (χ0n) is 18.4. The molecule has 0 aliphatic heterocycles. The number of alkyl halides is 3. The van der Waals surface area contributed by atoms with Crippen molar-refractivity contribution in [3.05, 3.63) is 89.0 Å². The molecule has 0 saturated heterocycles. The Hall–Kier alpha value is -3.92. The molecule has 1 aliphatic carbocycles. The average Bonchev–Trinajstić information content (AvgIpc) is 3.15. The van der Waals surface area contributed by atoms with E-state index in [4.69, 9.17) is 9.47 Å². The van der Waals surface area contributed by atoms with Crippen LogP contribution in [0.1, 0.15) is 34.6 Å². The first kappa shape index (κ1) is 23.2. The van der Waals surface area contributed by atoms with Crippen molar-refractivity contribution < 1.29 is 27.4 Å². The first-order valence-corrected chi connectivity index (χ1v) is 10.7. The summed E-state index contributed by atoms with van der Waals surface area (Å²) in [4.78, 5) is 12.2. The van der Waals surface area contributed by atoms with Crippen molar-refractivity contribution in [2.75, 3.05) is 20.3 Å². The Morgan fingerprint density at radius 1 is 1.00 bits per heavy atom. The van der Waals surface area contributed by atoms with Crippen LogP contribution in [0, 0.1) is 11.8 Å². The summed E-state index contributed by atoms with van der Waals surface area (Å²) in [6.07, 6.45) is -4.80. The fourth-order valence-electron chi connectivity index (χ4n) is 3.99. The van der Waals surface area contributed by atoms with Gasteiger partial charge in [0.25, 0.3) is 0 Å². The Balaban J connectivity index is 1.30. The van der Waals surface area contributed by atoms with Crippen LogP contribution in [0.15, 0.2) is 66.7 Å². The molecule has 34 heavy (non-hydrogen) atoms. The maximum atomic E-state index is 13.0.